The van der Waals surface area contributed by atoms with Crippen molar-refractivity contribution in [3.8, 4) is 22.5 Å². The maximum atomic E-state index is 13.9. The maximum Gasteiger partial charge on any atom is 0.313 e. The number of benzene rings is 2. The van der Waals surface area contributed by atoms with Crippen LogP contribution in [0.2, 0.25) is 0 Å². The minimum absolute atomic E-state index is 0.0186. The van der Waals surface area contributed by atoms with E-state index in [1.54, 1.807) is 26.8 Å². The number of ether oxygens (including phenoxy) is 1. The van der Waals surface area contributed by atoms with Crippen LogP contribution in [0, 0.1) is 11.2 Å². The van der Waals surface area contributed by atoms with Crippen molar-refractivity contribution in [2.45, 2.75) is 27.5 Å². The highest BCUT2D eigenvalue weighted by molar-refractivity contribution is 5.78. The molecule has 0 atom stereocenters. The van der Waals surface area contributed by atoms with Gasteiger partial charge in [0.25, 0.3) is 0 Å². The van der Waals surface area contributed by atoms with Gasteiger partial charge in [0.1, 0.15) is 12.1 Å². The lowest BCUT2D eigenvalue weighted by molar-refractivity contribution is -0.157. The number of nitrogens with zero attached hydrogens (tertiary/aromatic N) is 3. The first-order chi connectivity index (χ1) is 13.3. The number of hydrogen-bond donors (Lipinski definition) is 0. The zero-order chi connectivity index (χ0) is 20.3. The zero-order valence-electron chi connectivity index (χ0n) is 15.8. The highest BCUT2D eigenvalue weighted by Crippen LogP contribution is 2.26. The summed E-state index contributed by atoms with van der Waals surface area (Å²) in [6.07, 6.45) is 1.97. The second-order valence-corrected chi connectivity index (χ2v) is 7.35. The van der Waals surface area contributed by atoms with E-state index < -0.39 is 11.2 Å². The Labute approximate surface area is 162 Å². The molecule has 0 N–H and O–H groups in total. The molecule has 0 aliphatic carbocycles. The van der Waals surface area contributed by atoms with Crippen molar-refractivity contribution in [3.63, 3.8) is 0 Å². The number of carbonyl (C=O) groups is 2. The molecular formula is C21H20FN3O3. The van der Waals surface area contributed by atoms with Gasteiger partial charge in [-0.1, -0.05) is 24.3 Å². The molecule has 0 radical (unpaired) electrons. The summed E-state index contributed by atoms with van der Waals surface area (Å²) >= 11 is 0. The minimum Gasteiger partial charge on any atom is -0.442 e. The van der Waals surface area contributed by atoms with E-state index in [1.165, 1.54) is 23.1 Å². The number of esters is 1. The fraction of sp³-hybridized carbons (Fsp3) is 0.238. The molecule has 0 spiro atoms. The third-order valence-electron chi connectivity index (χ3n) is 4.06. The third-order valence-corrected chi connectivity index (χ3v) is 4.06. The number of hydrogen-bond acceptors (Lipinski definition) is 5. The SMILES string of the molecule is CC(C)(C)C(=O)OCn1cnc(-c2cccc(-c3ccc(C=O)c(F)c3)c2)n1. The van der Waals surface area contributed by atoms with Crippen LogP contribution in [0.5, 0.6) is 0 Å². The van der Waals surface area contributed by atoms with Gasteiger partial charge in [-0.15, -0.1) is 5.10 Å². The smallest absolute Gasteiger partial charge is 0.313 e. The monoisotopic (exact) mass is 381 g/mol. The second-order valence-electron chi connectivity index (χ2n) is 7.35. The molecule has 144 valence electrons. The molecule has 3 rings (SSSR count). The summed E-state index contributed by atoms with van der Waals surface area (Å²) in [5.41, 5.74) is 1.57. The molecule has 0 saturated heterocycles. The van der Waals surface area contributed by atoms with Crippen LogP contribution in [0.25, 0.3) is 22.5 Å². The Balaban J connectivity index is 1.79. The topological polar surface area (TPSA) is 74.1 Å². The van der Waals surface area contributed by atoms with Gasteiger partial charge in [0.15, 0.2) is 18.8 Å². The van der Waals surface area contributed by atoms with Gasteiger partial charge in [-0.2, -0.15) is 0 Å². The zero-order valence-corrected chi connectivity index (χ0v) is 15.8. The van der Waals surface area contributed by atoms with Gasteiger partial charge < -0.3 is 4.74 Å². The Bertz CT molecular complexity index is 1020. The predicted molar refractivity (Wildman–Crippen MR) is 102 cm³/mol. The van der Waals surface area contributed by atoms with E-state index in [9.17, 15) is 14.0 Å². The summed E-state index contributed by atoms with van der Waals surface area (Å²) in [7, 11) is 0. The highest BCUT2D eigenvalue weighted by atomic mass is 19.1. The quantitative estimate of drug-likeness (QED) is 0.491. The van der Waals surface area contributed by atoms with Gasteiger partial charge in [-0.25, -0.2) is 14.1 Å². The van der Waals surface area contributed by atoms with Crippen LogP contribution in [0.4, 0.5) is 4.39 Å². The van der Waals surface area contributed by atoms with Crippen molar-refractivity contribution in [1.82, 2.24) is 14.8 Å². The molecule has 0 aliphatic heterocycles. The molecule has 7 heteroatoms. The van der Waals surface area contributed by atoms with Crippen molar-refractivity contribution in [3.05, 3.63) is 60.2 Å². The van der Waals surface area contributed by atoms with E-state index in [1.807, 2.05) is 24.3 Å². The Kier molecular flexibility index (Phi) is 5.35. The fourth-order valence-corrected chi connectivity index (χ4v) is 2.47. The molecule has 28 heavy (non-hydrogen) atoms. The molecule has 6 nitrogen and oxygen atoms in total. The molecule has 0 fully saturated rings. The van der Waals surface area contributed by atoms with Gasteiger partial charge in [-0.3, -0.25) is 9.59 Å². The first-order valence-electron chi connectivity index (χ1n) is 8.70. The number of carbonyl (C=O) groups excluding carboxylic acids is 2. The highest BCUT2D eigenvalue weighted by Gasteiger charge is 2.23. The van der Waals surface area contributed by atoms with E-state index in [4.69, 9.17) is 4.74 Å². The van der Waals surface area contributed by atoms with Crippen molar-refractivity contribution >= 4 is 12.3 Å². The van der Waals surface area contributed by atoms with E-state index in [-0.39, 0.29) is 18.3 Å². The van der Waals surface area contributed by atoms with Crippen LogP contribution in [0.3, 0.4) is 0 Å². The van der Waals surface area contributed by atoms with Crippen molar-refractivity contribution in [2.24, 2.45) is 5.41 Å². The normalized spacial score (nSPS) is 11.3. The van der Waals surface area contributed by atoms with Crippen LogP contribution < -0.4 is 0 Å². The Morgan fingerprint density at radius 3 is 2.54 bits per heavy atom. The van der Waals surface area contributed by atoms with E-state index in [0.717, 1.165) is 11.1 Å². The Hall–Kier alpha value is -3.35. The van der Waals surface area contributed by atoms with Crippen molar-refractivity contribution < 1.29 is 18.7 Å². The second kappa shape index (κ2) is 7.72. The summed E-state index contributed by atoms with van der Waals surface area (Å²) in [5, 5.41) is 4.32. The first kappa shape index (κ1) is 19.4. The molecule has 0 amide bonds. The third kappa shape index (κ3) is 4.31. The number of aromatic nitrogens is 3. The number of rotatable bonds is 5. The average Bonchev–Trinajstić information content (AvgIpc) is 3.14. The molecule has 0 bridgehead atoms. The molecule has 0 unspecified atom stereocenters. The summed E-state index contributed by atoms with van der Waals surface area (Å²) in [5.74, 6) is -0.438. The van der Waals surface area contributed by atoms with Crippen LogP contribution in [-0.2, 0) is 16.3 Å². The molecule has 0 saturated carbocycles. The Morgan fingerprint density at radius 2 is 1.86 bits per heavy atom. The van der Waals surface area contributed by atoms with Gasteiger partial charge >= 0.3 is 5.97 Å². The summed E-state index contributed by atoms with van der Waals surface area (Å²) in [6, 6.07) is 11.8. The van der Waals surface area contributed by atoms with Crippen LogP contribution >= 0.6 is 0 Å². The van der Waals surface area contributed by atoms with Gasteiger partial charge in [0, 0.05) is 5.56 Å². The number of aldehydes is 1. The molecule has 1 heterocycles. The standard InChI is InChI=1S/C21H20FN3O3/c1-21(2,3)20(27)28-13-25-12-23-19(24-25)16-6-4-5-14(9-16)15-7-8-17(11-26)18(22)10-15/h4-12H,13H2,1-3H3. The minimum atomic E-state index is -0.591. The predicted octanol–water partition coefficient (Wildman–Crippen LogP) is 4.11. The first-order valence-corrected chi connectivity index (χ1v) is 8.70. The van der Waals surface area contributed by atoms with Crippen LogP contribution in [0.1, 0.15) is 31.1 Å². The van der Waals surface area contributed by atoms with Crippen LogP contribution in [0.15, 0.2) is 48.8 Å². The largest absolute Gasteiger partial charge is 0.442 e. The molecule has 0 aliphatic rings. The van der Waals surface area contributed by atoms with Crippen molar-refractivity contribution in [1.29, 1.82) is 0 Å². The van der Waals surface area contributed by atoms with Crippen LogP contribution in [-0.4, -0.2) is 27.0 Å². The summed E-state index contributed by atoms with van der Waals surface area (Å²) in [4.78, 5) is 26.9. The van der Waals surface area contributed by atoms with Gasteiger partial charge in [0.05, 0.1) is 11.0 Å². The van der Waals surface area contributed by atoms with Crippen molar-refractivity contribution in [2.75, 3.05) is 0 Å². The lowest BCUT2D eigenvalue weighted by Gasteiger charge is -2.16. The summed E-state index contributed by atoms with van der Waals surface area (Å²) in [6.45, 7) is 5.30. The number of halogens is 1. The van der Waals surface area contributed by atoms with Gasteiger partial charge in [0.2, 0.25) is 0 Å². The lowest BCUT2D eigenvalue weighted by Crippen LogP contribution is -2.24. The van der Waals surface area contributed by atoms with E-state index >= 15 is 0 Å². The van der Waals surface area contributed by atoms with Gasteiger partial charge in [-0.05, 0) is 50.1 Å². The molecule has 2 aromatic carbocycles. The Morgan fingerprint density at radius 1 is 1.14 bits per heavy atom. The summed E-state index contributed by atoms with van der Waals surface area (Å²) < 4.78 is 20.6. The molecule has 1 aromatic heterocycles. The molecule has 3 aromatic rings. The van der Waals surface area contributed by atoms with E-state index in [2.05, 4.69) is 10.1 Å². The fourth-order valence-electron chi connectivity index (χ4n) is 2.47. The van der Waals surface area contributed by atoms with E-state index in [0.29, 0.717) is 17.7 Å². The lowest BCUT2D eigenvalue weighted by atomic mass is 9.98. The maximum absolute atomic E-state index is 13.9. The average molecular weight is 381 g/mol. The molecular weight excluding hydrogens is 361 g/mol.